The molecule has 134 valence electrons. The third-order valence-corrected chi connectivity index (χ3v) is 3.88. The summed E-state index contributed by atoms with van der Waals surface area (Å²) in [6.07, 6.45) is 4.64. The van der Waals surface area contributed by atoms with Crippen LogP contribution in [0.15, 0.2) is 55.0 Å². The molecule has 2 heterocycles. The van der Waals surface area contributed by atoms with E-state index in [4.69, 9.17) is 5.26 Å². The largest absolute Gasteiger partial charge is 0.342 e. The van der Waals surface area contributed by atoms with E-state index < -0.39 is 0 Å². The topological polar surface area (TPSA) is 113 Å². The summed E-state index contributed by atoms with van der Waals surface area (Å²) < 4.78 is 1.43. The molecular weight excluding hydrogens is 344 g/mol. The van der Waals surface area contributed by atoms with Crippen molar-refractivity contribution in [1.82, 2.24) is 20.1 Å². The van der Waals surface area contributed by atoms with Gasteiger partial charge >= 0.3 is 0 Å². The first-order chi connectivity index (χ1) is 13.1. The highest BCUT2D eigenvalue weighted by Crippen LogP contribution is 2.23. The highest BCUT2D eigenvalue weighted by molar-refractivity contribution is 5.98. The summed E-state index contributed by atoms with van der Waals surface area (Å²) in [7, 11) is 1.65. The van der Waals surface area contributed by atoms with E-state index in [1.165, 1.54) is 17.1 Å². The van der Waals surface area contributed by atoms with Crippen molar-refractivity contribution in [3.63, 3.8) is 0 Å². The van der Waals surface area contributed by atoms with E-state index >= 15 is 0 Å². The van der Waals surface area contributed by atoms with Gasteiger partial charge in [-0.1, -0.05) is 12.1 Å². The van der Waals surface area contributed by atoms with Crippen molar-refractivity contribution >= 4 is 17.5 Å². The molecular formula is C19H16N6O2. The molecule has 2 aromatic heterocycles. The first-order valence-electron chi connectivity index (χ1n) is 8.09. The van der Waals surface area contributed by atoms with Crippen LogP contribution in [0.1, 0.15) is 16.1 Å². The van der Waals surface area contributed by atoms with Gasteiger partial charge in [-0.3, -0.25) is 19.3 Å². The highest BCUT2D eigenvalue weighted by Gasteiger charge is 2.11. The number of nitrogens with one attached hydrogen (secondary N) is 2. The van der Waals surface area contributed by atoms with Gasteiger partial charge in [0.1, 0.15) is 11.8 Å². The van der Waals surface area contributed by atoms with E-state index in [2.05, 4.69) is 26.8 Å². The monoisotopic (exact) mass is 360 g/mol. The van der Waals surface area contributed by atoms with Crippen LogP contribution in [0.4, 0.5) is 5.69 Å². The number of amides is 2. The minimum Gasteiger partial charge on any atom is -0.342 e. The second-order valence-corrected chi connectivity index (χ2v) is 5.68. The van der Waals surface area contributed by atoms with Crippen LogP contribution in [0.2, 0.25) is 0 Å². The van der Waals surface area contributed by atoms with Gasteiger partial charge in [-0.2, -0.15) is 10.4 Å². The van der Waals surface area contributed by atoms with E-state index in [1.807, 2.05) is 0 Å². The second kappa shape index (κ2) is 7.93. The lowest BCUT2D eigenvalue weighted by Crippen LogP contribution is -2.33. The predicted molar refractivity (Wildman–Crippen MR) is 98.6 cm³/mol. The van der Waals surface area contributed by atoms with Gasteiger partial charge in [0.25, 0.3) is 5.91 Å². The van der Waals surface area contributed by atoms with E-state index in [1.54, 1.807) is 49.6 Å². The summed E-state index contributed by atoms with van der Waals surface area (Å²) >= 11 is 0. The Hall–Kier alpha value is -3.99. The number of hydrogen-bond donors (Lipinski definition) is 2. The Kier molecular flexibility index (Phi) is 5.23. The fourth-order valence-electron chi connectivity index (χ4n) is 2.52. The zero-order valence-corrected chi connectivity index (χ0v) is 14.5. The quantitative estimate of drug-likeness (QED) is 0.719. The predicted octanol–water partition coefficient (Wildman–Crippen LogP) is 1.72. The van der Waals surface area contributed by atoms with Crippen molar-refractivity contribution in [2.75, 3.05) is 11.9 Å². The molecule has 0 saturated carbocycles. The van der Waals surface area contributed by atoms with Gasteiger partial charge in [0.2, 0.25) is 5.91 Å². The smallest absolute Gasteiger partial charge is 0.269 e. The van der Waals surface area contributed by atoms with Gasteiger partial charge in [-0.05, 0) is 29.8 Å². The molecule has 0 radical (unpaired) electrons. The van der Waals surface area contributed by atoms with Crippen molar-refractivity contribution in [3.05, 3.63) is 66.2 Å². The third-order valence-electron chi connectivity index (χ3n) is 3.88. The molecule has 0 fully saturated rings. The minimum absolute atomic E-state index is 0.158. The summed E-state index contributed by atoms with van der Waals surface area (Å²) in [5, 5.41) is 18.3. The van der Waals surface area contributed by atoms with Crippen LogP contribution >= 0.6 is 0 Å². The lowest BCUT2D eigenvalue weighted by molar-refractivity contribution is -0.115. The number of anilines is 1. The number of carbonyl (C=O) groups is 2. The molecule has 0 aliphatic rings. The Morgan fingerprint density at radius 2 is 1.93 bits per heavy atom. The number of pyridine rings is 1. The van der Waals surface area contributed by atoms with Crippen molar-refractivity contribution in [3.8, 4) is 17.2 Å². The van der Waals surface area contributed by atoms with Crippen LogP contribution < -0.4 is 10.6 Å². The SMILES string of the molecule is Cn1nccc1C(=O)NCC(=O)Nc1ccc(-c2ccncc2C#N)cc1. The number of carbonyl (C=O) groups excluding carboxylic acids is 2. The van der Waals surface area contributed by atoms with Crippen LogP contribution in [-0.4, -0.2) is 33.1 Å². The van der Waals surface area contributed by atoms with Crippen LogP contribution in [0.25, 0.3) is 11.1 Å². The van der Waals surface area contributed by atoms with Crippen LogP contribution in [0.3, 0.4) is 0 Å². The van der Waals surface area contributed by atoms with Crippen molar-refractivity contribution in [2.45, 2.75) is 0 Å². The number of nitrogens with zero attached hydrogens (tertiary/aromatic N) is 4. The van der Waals surface area contributed by atoms with E-state index in [0.717, 1.165) is 11.1 Å². The third kappa shape index (κ3) is 4.16. The van der Waals surface area contributed by atoms with Gasteiger partial charge in [-0.25, -0.2) is 0 Å². The molecule has 0 spiro atoms. The number of nitriles is 1. The fourth-order valence-corrected chi connectivity index (χ4v) is 2.52. The Morgan fingerprint density at radius 3 is 2.59 bits per heavy atom. The maximum atomic E-state index is 12.0. The second-order valence-electron chi connectivity index (χ2n) is 5.68. The number of rotatable bonds is 5. The lowest BCUT2D eigenvalue weighted by atomic mass is 10.0. The van der Waals surface area contributed by atoms with Gasteiger partial charge in [0, 0.05) is 36.9 Å². The molecule has 3 rings (SSSR count). The normalized spacial score (nSPS) is 10.1. The van der Waals surface area contributed by atoms with Gasteiger partial charge in [0.15, 0.2) is 0 Å². The Morgan fingerprint density at radius 1 is 1.15 bits per heavy atom. The maximum absolute atomic E-state index is 12.0. The van der Waals surface area contributed by atoms with Crippen molar-refractivity contribution in [1.29, 1.82) is 5.26 Å². The molecule has 8 nitrogen and oxygen atoms in total. The molecule has 27 heavy (non-hydrogen) atoms. The molecule has 0 atom stereocenters. The number of aromatic nitrogens is 3. The average molecular weight is 360 g/mol. The van der Waals surface area contributed by atoms with Gasteiger partial charge in [-0.15, -0.1) is 0 Å². The molecule has 0 aliphatic heterocycles. The molecule has 1 aromatic carbocycles. The minimum atomic E-state index is -0.373. The molecule has 0 aliphatic carbocycles. The first kappa shape index (κ1) is 17.8. The summed E-state index contributed by atoms with van der Waals surface area (Å²) in [5.41, 5.74) is 3.06. The molecule has 0 unspecified atom stereocenters. The van der Waals surface area contributed by atoms with Crippen LogP contribution in [0, 0.1) is 11.3 Å². The summed E-state index contributed by atoms with van der Waals surface area (Å²) in [6, 6.07) is 12.5. The Labute approximate surface area is 155 Å². The summed E-state index contributed by atoms with van der Waals surface area (Å²) in [4.78, 5) is 27.9. The number of aryl methyl sites for hydroxylation is 1. The molecule has 3 aromatic rings. The number of benzene rings is 1. The summed E-state index contributed by atoms with van der Waals surface area (Å²) in [5.74, 6) is -0.720. The molecule has 2 amide bonds. The zero-order valence-electron chi connectivity index (χ0n) is 14.5. The van der Waals surface area contributed by atoms with Crippen molar-refractivity contribution < 1.29 is 9.59 Å². The summed E-state index contributed by atoms with van der Waals surface area (Å²) in [6.45, 7) is -0.158. The van der Waals surface area contributed by atoms with Crippen LogP contribution in [0.5, 0.6) is 0 Å². The molecule has 0 bridgehead atoms. The Balaban J connectivity index is 1.60. The standard InChI is InChI=1S/C19H16N6O2/c1-25-17(7-9-23-25)19(27)22-12-18(26)24-15-4-2-13(3-5-15)16-6-8-21-11-14(16)10-20/h2-9,11H,12H2,1H3,(H,22,27)(H,24,26). The average Bonchev–Trinajstić information content (AvgIpc) is 3.13. The van der Waals surface area contributed by atoms with Crippen LogP contribution in [-0.2, 0) is 11.8 Å². The van der Waals surface area contributed by atoms with Crippen molar-refractivity contribution in [2.24, 2.45) is 7.05 Å². The lowest BCUT2D eigenvalue weighted by Gasteiger charge is -2.08. The van der Waals surface area contributed by atoms with E-state index in [-0.39, 0.29) is 18.4 Å². The van der Waals surface area contributed by atoms with Gasteiger partial charge in [0.05, 0.1) is 12.1 Å². The maximum Gasteiger partial charge on any atom is 0.269 e. The fraction of sp³-hybridized carbons (Fsp3) is 0.105. The zero-order chi connectivity index (χ0) is 19.2. The molecule has 0 saturated heterocycles. The molecule has 2 N–H and O–H groups in total. The van der Waals surface area contributed by atoms with E-state index in [0.29, 0.717) is 16.9 Å². The van der Waals surface area contributed by atoms with Gasteiger partial charge < -0.3 is 10.6 Å². The first-order valence-corrected chi connectivity index (χ1v) is 8.09. The number of hydrogen-bond acceptors (Lipinski definition) is 5. The highest BCUT2D eigenvalue weighted by atomic mass is 16.2. The molecule has 8 heteroatoms. The van der Waals surface area contributed by atoms with E-state index in [9.17, 15) is 9.59 Å². The Bertz CT molecular complexity index is 1020.